The van der Waals surface area contributed by atoms with Crippen LogP contribution in [0.5, 0.6) is 0 Å². The van der Waals surface area contributed by atoms with Gasteiger partial charge in [0, 0.05) is 52.4 Å². The Bertz CT molecular complexity index is 823. The molecule has 1 aromatic rings. The van der Waals surface area contributed by atoms with Crippen LogP contribution in [0.3, 0.4) is 0 Å². The molecule has 154 valence electrons. The van der Waals surface area contributed by atoms with Crippen LogP contribution in [0.25, 0.3) is 0 Å². The molecule has 2 amide bonds. The first-order valence-corrected chi connectivity index (χ1v) is 11.1. The molecule has 0 N–H and O–H groups in total. The zero-order chi connectivity index (χ0) is 20.3. The van der Waals surface area contributed by atoms with Crippen molar-refractivity contribution < 1.29 is 18.0 Å². The van der Waals surface area contributed by atoms with Crippen molar-refractivity contribution in [1.82, 2.24) is 14.1 Å². The minimum atomic E-state index is -3.60. The molecule has 0 spiro atoms. The Balaban J connectivity index is 1.67. The van der Waals surface area contributed by atoms with Crippen molar-refractivity contribution in [3.8, 4) is 0 Å². The van der Waals surface area contributed by atoms with E-state index in [1.54, 1.807) is 48.2 Å². The summed E-state index contributed by atoms with van der Waals surface area (Å²) in [6.07, 6.45) is 2.06. The minimum absolute atomic E-state index is 0.0170. The van der Waals surface area contributed by atoms with Gasteiger partial charge < -0.3 is 9.80 Å². The molecule has 0 bridgehead atoms. The molecule has 0 radical (unpaired) electrons. The van der Waals surface area contributed by atoms with E-state index in [2.05, 4.69) is 0 Å². The number of benzene rings is 1. The van der Waals surface area contributed by atoms with Crippen LogP contribution in [-0.4, -0.2) is 87.7 Å². The van der Waals surface area contributed by atoms with Crippen LogP contribution in [0, 0.1) is 0 Å². The average molecular weight is 409 g/mol. The van der Waals surface area contributed by atoms with Gasteiger partial charge in [-0.1, -0.05) is 0 Å². The number of likely N-dealkylation sites (N-methyl/N-ethyl adjacent to an activating group) is 1. The first kappa shape index (κ1) is 20.8. The monoisotopic (exact) mass is 408 g/mol. The molecule has 0 saturated carbocycles. The summed E-state index contributed by atoms with van der Waals surface area (Å²) in [6.45, 7) is 3.00. The first-order chi connectivity index (χ1) is 13.3. The van der Waals surface area contributed by atoms with E-state index in [4.69, 9.17) is 0 Å². The lowest BCUT2D eigenvalue weighted by Gasteiger charge is -2.23. The van der Waals surface area contributed by atoms with E-state index < -0.39 is 10.0 Å². The van der Waals surface area contributed by atoms with E-state index in [0.717, 1.165) is 12.1 Å². The van der Waals surface area contributed by atoms with E-state index >= 15 is 0 Å². The zero-order valence-corrected chi connectivity index (χ0v) is 17.3. The number of hydrogen-bond donors (Lipinski definition) is 0. The van der Waals surface area contributed by atoms with Crippen molar-refractivity contribution in [3.63, 3.8) is 0 Å². The van der Waals surface area contributed by atoms with E-state index in [1.807, 2.05) is 4.90 Å². The topological polar surface area (TPSA) is 81.2 Å². The summed E-state index contributed by atoms with van der Waals surface area (Å²) in [7, 11) is -0.162. The summed E-state index contributed by atoms with van der Waals surface area (Å²) >= 11 is 0. The highest BCUT2D eigenvalue weighted by Gasteiger charge is 2.28. The van der Waals surface area contributed by atoms with Crippen molar-refractivity contribution >= 4 is 27.5 Å². The predicted molar refractivity (Wildman–Crippen MR) is 107 cm³/mol. The van der Waals surface area contributed by atoms with Gasteiger partial charge in [-0.2, -0.15) is 4.31 Å². The van der Waals surface area contributed by atoms with Crippen LogP contribution < -0.4 is 4.90 Å². The van der Waals surface area contributed by atoms with Gasteiger partial charge in [0.1, 0.15) is 0 Å². The first-order valence-electron chi connectivity index (χ1n) is 9.62. The van der Waals surface area contributed by atoms with Crippen LogP contribution in [-0.2, 0) is 19.6 Å². The average Bonchev–Trinajstić information content (AvgIpc) is 2.95. The van der Waals surface area contributed by atoms with Gasteiger partial charge in [-0.25, -0.2) is 8.42 Å². The number of hydrogen-bond acceptors (Lipinski definition) is 5. The molecule has 0 aliphatic carbocycles. The fraction of sp³-hybridized carbons (Fsp3) is 0.579. The van der Waals surface area contributed by atoms with Crippen LogP contribution in [0.15, 0.2) is 29.2 Å². The summed E-state index contributed by atoms with van der Waals surface area (Å²) in [5.41, 5.74) is 0.741. The molecule has 0 unspecified atom stereocenters. The molecule has 1 aromatic carbocycles. The highest BCUT2D eigenvalue weighted by Crippen LogP contribution is 2.25. The van der Waals surface area contributed by atoms with Crippen molar-refractivity contribution in [3.05, 3.63) is 24.3 Å². The lowest BCUT2D eigenvalue weighted by molar-refractivity contribution is -0.129. The van der Waals surface area contributed by atoms with E-state index in [1.165, 1.54) is 4.31 Å². The summed E-state index contributed by atoms with van der Waals surface area (Å²) < 4.78 is 27.5. The van der Waals surface area contributed by atoms with Crippen LogP contribution in [0.1, 0.15) is 19.3 Å². The second kappa shape index (κ2) is 8.59. The normalized spacial score (nSPS) is 19.6. The van der Waals surface area contributed by atoms with Gasteiger partial charge in [-0.3, -0.25) is 14.5 Å². The van der Waals surface area contributed by atoms with Gasteiger partial charge in [0.2, 0.25) is 21.8 Å². The Morgan fingerprint density at radius 3 is 2.32 bits per heavy atom. The molecule has 0 atom stereocenters. The van der Waals surface area contributed by atoms with Crippen LogP contribution in [0.2, 0.25) is 0 Å². The Hall–Kier alpha value is -1.97. The standard InChI is InChI=1S/C19H28N4O4S/c1-20(2)19(25)15-21-10-4-11-22(14-13-21)28(26,27)17-8-6-16(7-9-17)23-12-3-5-18(23)24/h6-9H,3-5,10-15H2,1-2H3. The molecule has 28 heavy (non-hydrogen) atoms. The fourth-order valence-corrected chi connectivity index (χ4v) is 5.02. The highest BCUT2D eigenvalue weighted by molar-refractivity contribution is 7.89. The third kappa shape index (κ3) is 4.53. The lowest BCUT2D eigenvalue weighted by atomic mass is 10.3. The molecule has 2 heterocycles. The quantitative estimate of drug-likeness (QED) is 0.713. The number of carbonyl (C=O) groups is 2. The largest absolute Gasteiger partial charge is 0.348 e. The Labute approximate surface area is 166 Å². The van der Waals surface area contributed by atoms with Crippen molar-refractivity contribution in [2.75, 3.05) is 58.3 Å². The molecule has 8 nitrogen and oxygen atoms in total. The maximum absolute atomic E-state index is 13.0. The highest BCUT2D eigenvalue weighted by atomic mass is 32.2. The number of rotatable bonds is 5. The third-order valence-corrected chi connectivity index (χ3v) is 7.18. The fourth-order valence-electron chi connectivity index (χ4n) is 3.55. The number of sulfonamides is 1. The zero-order valence-electron chi connectivity index (χ0n) is 16.5. The van der Waals surface area contributed by atoms with E-state index in [0.29, 0.717) is 52.1 Å². The number of amides is 2. The van der Waals surface area contributed by atoms with E-state index in [-0.39, 0.29) is 16.7 Å². The van der Waals surface area contributed by atoms with Gasteiger partial charge in [-0.15, -0.1) is 0 Å². The summed E-state index contributed by atoms with van der Waals surface area (Å²) in [6, 6.07) is 6.56. The molecule has 2 fully saturated rings. The molecule has 3 rings (SSSR count). The SMILES string of the molecule is CN(C)C(=O)CN1CCCN(S(=O)(=O)c2ccc(N3CCCC3=O)cc2)CC1. The number of nitrogens with zero attached hydrogens (tertiary/aromatic N) is 4. The minimum Gasteiger partial charge on any atom is -0.348 e. The van der Waals surface area contributed by atoms with Gasteiger partial charge in [0.15, 0.2) is 0 Å². The Kier molecular flexibility index (Phi) is 6.36. The molecule has 2 aliphatic rings. The summed E-state index contributed by atoms with van der Waals surface area (Å²) in [5, 5.41) is 0. The predicted octanol–water partition coefficient (Wildman–Crippen LogP) is 0.598. The van der Waals surface area contributed by atoms with Gasteiger partial charge in [0.05, 0.1) is 11.4 Å². The summed E-state index contributed by atoms with van der Waals surface area (Å²) in [5.74, 6) is 0.0962. The number of carbonyl (C=O) groups excluding carboxylic acids is 2. The molecule has 2 saturated heterocycles. The van der Waals surface area contributed by atoms with Crippen LogP contribution in [0.4, 0.5) is 5.69 Å². The molecule has 0 aromatic heterocycles. The molecule has 2 aliphatic heterocycles. The van der Waals surface area contributed by atoms with Crippen molar-refractivity contribution in [2.45, 2.75) is 24.2 Å². The molecule has 9 heteroatoms. The molecular formula is C19H28N4O4S. The smallest absolute Gasteiger partial charge is 0.243 e. The second-order valence-corrected chi connectivity index (χ2v) is 9.40. The number of anilines is 1. The lowest BCUT2D eigenvalue weighted by Crippen LogP contribution is -2.39. The van der Waals surface area contributed by atoms with Gasteiger partial charge in [0.25, 0.3) is 0 Å². The third-order valence-electron chi connectivity index (χ3n) is 5.26. The Morgan fingerprint density at radius 2 is 1.71 bits per heavy atom. The maximum atomic E-state index is 13.0. The summed E-state index contributed by atoms with van der Waals surface area (Å²) in [4.78, 5) is 29.3. The molecular weight excluding hydrogens is 380 g/mol. The van der Waals surface area contributed by atoms with E-state index in [9.17, 15) is 18.0 Å². The van der Waals surface area contributed by atoms with Gasteiger partial charge >= 0.3 is 0 Å². The van der Waals surface area contributed by atoms with Gasteiger partial charge in [-0.05, 0) is 43.7 Å². The van der Waals surface area contributed by atoms with Crippen molar-refractivity contribution in [1.29, 1.82) is 0 Å². The second-order valence-electron chi connectivity index (χ2n) is 7.46. The van der Waals surface area contributed by atoms with Crippen molar-refractivity contribution in [2.24, 2.45) is 0 Å². The van der Waals surface area contributed by atoms with Crippen LogP contribution >= 0.6 is 0 Å². The maximum Gasteiger partial charge on any atom is 0.243 e. The Morgan fingerprint density at radius 1 is 1.00 bits per heavy atom.